The largest absolute Gasteiger partial charge is 0.355 e. The lowest BCUT2D eigenvalue weighted by Gasteiger charge is -2.17. The molecule has 1 aromatic carbocycles. The average molecular weight is 303 g/mol. The summed E-state index contributed by atoms with van der Waals surface area (Å²) in [6.07, 6.45) is 0.300. The normalized spacial score (nSPS) is 13.6. The summed E-state index contributed by atoms with van der Waals surface area (Å²) in [6, 6.07) is 6.30. The molecule has 0 saturated heterocycles. The molecule has 2 rings (SSSR count). The Morgan fingerprint density at radius 2 is 1.86 bits per heavy atom. The highest BCUT2D eigenvalue weighted by atomic mass is 16.2. The lowest BCUT2D eigenvalue weighted by atomic mass is 9.96. The number of amides is 2. The Bertz CT molecular complexity index is 562. The van der Waals surface area contributed by atoms with Crippen molar-refractivity contribution < 1.29 is 9.59 Å². The molecule has 2 amide bonds. The molecule has 0 atom stereocenters. The number of fused-ring (bicyclic) bond motifs is 1. The van der Waals surface area contributed by atoms with E-state index in [4.69, 9.17) is 0 Å². The van der Waals surface area contributed by atoms with Gasteiger partial charge >= 0.3 is 0 Å². The Balaban J connectivity index is 1.71. The molecule has 5 nitrogen and oxygen atoms in total. The van der Waals surface area contributed by atoms with Gasteiger partial charge in [-0.25, -0.2) is 0 Å². The maximum absolute atomic E-state index is 11.8. The molecular weight excluding hydrogens is 278 g/mol. The highest BCUT2D eigenvalue weighted by Crippen LogP contribution is 2.17. The summed E-state index contributed by atoms with van der Waals surface area (Å²) in [5, 5.41) is 8.97. The summed E-state index contributed by atoms with van der Waals surface area (Å²) in [6.45, 7) is 8.28. The Labute approximate surface area is 131 Å². The third-order valence-electron chi connectivity index (χ3n) is 3.71. The van der Waals surface area contributed by atoms with Gasteiger partial charge in [0, 0.05) is 38.0 Å². The third-order valence-corrected chi connectivity index (χ3v) is 3.71. The molecule has 1 heterocycles. The van der Waals surface area contributed by atoms with Crippen LogP contribution in [0.5, 0.6) is 0 Å². The maximum atomic E-state index is 11.8. The predicted octanol–water partition coefficient (Wildman–Crippen LogP) is 1.46. The van der Waals surface area contributed by atoms with Crippen molar-refractivity contribution >= 4 is 11.8 Å². The van der Waals surface area contributed by atoms with Gasteiger partial charge in [-0.1, -0.05) is 39.0 Å². The van der Waals surface area contributed by atoms with Crippen molar-refractivity contribution in [3.63, 3.8) is 0 Å². The minimum Gasteiger partial charge on any atom is -0.355 e. The summed E-state index contributed by atoms with van der Waals surface area (Å²) in [5.74, 6) is -0.0840. The van der Waals surface area contributed by atoms with Gasteiger partial charge in [-0.05, 0) is 16.7 Å². The van der Waals surface area contributed by atoms with Crippen LogP contribution in [0, 0.1) is 5.41 Å². The highest BCUT2D eigenvalue weighted by molar-refractivity contribution is 5.82. The van der Waals surface area contributed by atoms with Crippen LogP contribution in [0.2, 0.25) is 0 Å². The fraction of sp³-hybridized carbons (Fsp3) is 0.529. The summed E-state index contributed by atoms with van der Waals surface area (Å²) in [7, 11) is 0. The van der Waals surface area contributed by atoms with E-state index in [0.29, 0.717) is 19.5 Å². The summed E-state index contributed by atoms with van der Waals surface area (Å²) in [5.41, 5.74) is 3.33. The third kappa shape index (κ3) is 4.56. The van der Waals surface area contributed by atoms with Crippen molar-refractivity contribution in [2.75, 3.05) is 6.54 Å². The topological polar surface area (TPSA) is 70.2 Å². The van der Waals surface area contributed by atoms with E-state index in [1.807, 2.05) is 26.8 Å². The predicted molar refractivity (Wildman–Crippen MR) is 85.9 cm³/mol. The standard InChI is InChI=1S/C17H25N3O2/c1-17(2,3)16(22)19-7-6-15(21)20-9-12-4-5-13-10-18-11-14(13)8-12/h4-5,8,18H,6-7,9-11H2,1-3H3,(H,19,22)(H,20,21). The van der Waals surface area contributed by atoms with Crippen molar-refractivity contribution in [2.24, 2.45) is 5.41 Å². The van der Waals surface area contributed by atoms with E-state index in [9.17, 15) is 9.59 Å². The van der Waals surface area contributed by atoms with Crippen molar-refractivity contribution in [2.45, 2.75) is 46.8 Å². The van der Waals surface area contributed by atoms with E-state index in [1.54, 1.807) is 0 Å². The van der Waals surface area contributed by atoms with Gasteiger partial charge in [0.1, 0.15) is 0 Å². The van der Waals surface area contributed by atoms with Crippen LogP contribution in [-0.4, -0.2) is 18.4 Å². The zero-order valence-electron chi connectivity index (χ0n) is 13.6. The van der Waals surface area contributed by atoms with E-state index in [2.05, 4.69) is 28.1 Å². The van der Waals surface area contributed by atoms with Crippen LogP contribution in [0.1, 0.15) is 43.9 Å². The van der Waals surface area contributed by atoms with Crippen LogP contribution >= 0.6 is 0 Å². The molecule has 22 heavy (non-hydrogen) atoms. The Hall–Kier alpha value is -1.88. The Kier molecular flexibility index (Phi) is 5.19. The summed E-state index contributed by atoms with van der Waals surface area (Å²) < 4.78 is 0. The Morgan fingerprint density at radius 1 is 1.14 bits per heavy atom. The molecule has 120 valence electrons. The van der Waals surface area contributed by atoms with Gasteiger partial charge in [0.25, 0.3) is 0 Å². The van der Waals surface area contributed by atoms with Crippen LogP contribution in [0.15, 0.2) is 18.2 Å². The summed E-state index contributed by atoms with van der Waals surface area (Å²) >= 11 is 0. The lowest BCUT2D eigenvalue weighted by Crippen LogP contribution is -2.37. The molecule has 0 fully saturated rings. The number of nitrogens with one attached hydrogen (secondary N) is 3. The number of rotatable bonds is 5. The van der Waals surface area contributed by atoms with E-state index in [0.717, 1.165) is 18.7 Å². The van der Waals surface area contributed by atoms with Gasteiger partial charge in [0.15, 0.2) is 0 Å². The van der Waals surface area contributed by atoms with Crippen LogP contribution in [0.3, 0.4) is 0 Å². The molecule has 1 aromatic rings. The molecular formula is C17H25N3O2. The zero-order valence-corrected chi connectivity index (χ0v) is 13.6. The van der Waals surface area contributed by atoms with Gasteiger partial charge < -0.3 is 16.0 Å². The van der Waals surface area contributed by atoms with Crippen molar-refractivity contribution in [1.29, 1.82) is 0 Å². The lowest BCUT2D eigenvalue weighted by molar-refractivity contribution is -0.128. The van der Waals surface area contributed by atoms with E-state index >= 15 is 0 Å². The molecule has 5 heteroatoms. The van der Waals surface area contributed by atoms with Crippen LogP contribution < -0.4 is 16.0 Å². The van der Waals surface area contributed by atoms with Gasteiger partial charge in [0.2, 0.25) is 11.8 Å². The molecule has 0 spiro atoms. The first-order valence-electron chi connectivity index (χ1n) is 7.72. The van der Waals surface area contributed by atoms with E-state index in [1.165, 1.54) is 11.1 Å². The smallest absolute Gasteiger partial charge is 0.225 e. The first-order chi connectivity index (χ1) is 10.4. The van der Waals surface area contributed by atoms with Crippen molar-refractivity contribution in [1.82, 2.24) is 16.0 Å². The molecule has 0 saturated carbocycles. The molecule has 1 aliphatic rings. The molecule has 0 aliphatic carbocycles. The minimum atomic E-state index is -0.422. The second-order valence-corrected chi connectivity index (χ2v) is 6.74. The molecule has 0 bridgehead atoms. The van der Waals surface area contributed by atoms with Crippen LogP contribution in [0.25, 0.3) is 0 Å². The van der Waals surface area contributed by atoms with Gasteiger partial charge in [-0.2, -0.15) is 0 Å². The fourth-order valence-electron chi connectivity index (χ4n) is 2.30. The molecule has 1 aliphatic heterocycles. The number of benzene rings is 1. The number of carbonyl (C=O) groups is 2. The fourth-order valence-corrected chi connectivity index (χ4v) is 2.30. The average Bonchev–Trinajstić information content (AvgIpc) is 2.91. The number of carbonyl (C=O) groups excluding carboxylic acids is 2. The molecule has 0 unspecified atom stereocenters. The van der Waals surface area contributed by atoms with Crippen LogP contribution in [-0.2, 0) is 29.2 Å². The van der Waals surface area contributed by atoms with Crippen molar-refractivity contribution in [3.8, 4) is 0 Å². The van der Waals surface area contributed by atoms with Gasteiger partial charge in [-0.15, -0.1) is 0 Å². The molecule has 3 N–H and O–H groups in total. The second-order valence-electron chi connectivity index (χ2n) is 6.74. The van der Waals surface area contributed by atoms with Gasteiger partial charge in [0.05, 0.1) is 0 Å². The maximum Gasteiger partial charge on any atom is 0.225 e. The number of hydrogen-bond acceptors (Lipinski definition) is 3. The van der Waals surface area contributed by atoms with Crippen molar-refractivity contribution in [3.05, 3.63) is 34.9 Å². The number of hydrogen-bond donors (Lipinski definition) is 3. The quantitative estimate of drug-likeness (QED) is 0.771. The molecule has 0 radical (unpaired) electrons. The second kappa shape index (κ2) is 6.92. The monoisotopic (exact) mass is 303 g/mol. The highest BCUT2D eigenvalue weighted by Gasteiger charge is 2.20. The van der Waals surface area contributed by atoms with E-state index in [-0.39, 0.29) is 11.8 Å². The summed E-state index contributed by atoms with van der Waals surface area (Å²) in [4.78, 5) is 23.5. The van der Waals surface area contributed by atoms with Gasteiger partial charge in [-0.3, -0.25) is 9.59 Å². The zero-order chi connectivity index (χ0) is 16.2. The van der Waals surface area contributed by atoms with E-state index < -0.39 is 5.41 Å². The first kappa shape index (κ1) is 16.5. The van der Waals surface area contributed by atoms with Crippen LogP contribution in [0.4, 0.5) is 0 Å². The SMILES string of the molecule is CC(C)(C)C(=O)NCCC(=O)NCc1ccc2c(c1)CNC2. The Morgan fingerprint density at radius 3 is 2.59 bits per heavy atom. The minimum absolute atomic E-state index is 0.0357. The molecule has 0 aromatic heterocycles. The first-order valence-corrected chi connectivity index (χ1v) is 7.72.